The van der Waals surface area contributed by atoms with Crippen molar-refractivity contribution in [3.63, 3.8) is 0 Å². The molecule has 0 aliphatic carbocycles. The topological polar surface area (TPSA) is 90.9 Å². The summed E-state index contributed by atoms with van der Waals surface area (Å²) in [6.45, 7) is 3.81. The van der Waals surface area contributed by atoms with Crippen LogP contribution in [0.1, 0.15) is 11.1 Å². The maximum absolute atomic E-state index is 5.89. The van der Waals surface area contributed by atoms with Gasteiger partial charge in [0.05, 0.1) is 11.1 Å². The zero-order chi connectivity index (χ0) is 18.1. The Morgan fingerprint density at radius 3 is 1.34 bits per heavy atom. The minimum absolute atomic E-state index is 0. The van der Waals surface area contributed by atoms with Crippen molar-refractivity contribution < 1.29 is 39.2 Å². The molecular formula is C20H20Cl2N6O. The van der Waals surface area contributed by atoms with Crippen LogP contribution < -0.4 is 45.4 Å². The van der Waals surface area contributed by atoms with Gasteiger partial charge < -0.3 is 29.2 Å². The van der Waals surface area contributed by atoms with E-state index in [9.17, 15) is 0 Å². The van der Waals surface area contributed by atoms with Crippen molar-refractivity contribution in [3.8, 4) is 22.9 Å². The molecule has 4 N–H and O–H groups in total. The highest BCUT2D eigenvalue weighted by Crippen LogP contribution is 2.24. The predicted octanol–water partition coefficient (Wildman–Crippen LogP) is -7.73. The number of halogens is 2. The highest BCUT2D eigenvalue weighted by molar-refractivity contribution is 5.95. The molecule has 0 spiro atoms. The van der Waals surface area contributed by atoms with Crippen LogP contribution in [-0.4, -0.2) is 48.0 Å². The first-order valence-electron chi connectivity index (χ1n) is 9.11. The normalized spacial score (nSPS) is 14.8. The van der Waals surface area contributed by atoms with Crippen LogP contribution >= 0.6 is 0 Å². The third-order valence-electron chi connectivity index (χ3n) is 4.72. The van der Waals surface area contributed by atoms with E-state index in [-0.39, 0.29) is 24.8 Å². The van der Waals surface area contributed by atoms with Gasteiger partial charge in [0.1, 0.15) is 26.2 Å². The molecule has 9 heteroatoms. The van der Waals surface area contributed by atoms with E-state index in [0.717, 1.165) is 60.1 Å². The average Bonchev–Trinajstić information content (AvgIpc) is 3.51. The van der Waals surface area contributed by atoms with Crippen molar-refractivity contribution in [1.29, 1.82) is 0 Å². The SMILES string of the molecule is [Cl-].[Cl-].c1cc(-c2nnc(-c3ccc(C4=[NH+]CCN4)cc3)o2)ccc1C1=[NH+]CCN1. The van der Waals surface area contributed by atoms with Crippen molar-refractivity contribution in [2.45, 2.75) is 0 Å². The molecule has 2 aliphatic heterocycles. The summed E-state index contributed by atoms with van der Waals surface area (Å²) < 4.78 is 5.89. The van der Waals surface area contributed by atoms with Gasteiger partial charge >= 0.3 is 0 Å². The van der Waals surface area contributed by atoms with Gasteiger partial charge in [-0.15, -0.1) is 10.2 Å². The Kier molecular flexibility index (Phi) is 6.51. The number of aromatic nitrogens is 2. The highest BCUT2D eigenvalue weighted by Gasteiger charge is 2.17. The van der Waals surface area contributed by atoms with Gasteiger partial charge in [0.2, 0.25) is 11.8 Å². The van der Waals surface area contributed by atoms with E-state index in [1.807, 2.05) is 48.5 Å². The van der Waals surface area contributed by atoms with E-state index < -0.39 is 0 Å². The lowest BCUT2D eigenvalue weighted by Gasteiger charge is -1.99. The molecule has 0 atom stereocenters. The van der Waals surface area contributed by atoms with Crippen molar-refractivity contribution in [1.82, 2.24) is 20.8 Å². The Hall–Kier alpha value is -2.90. The molecule has 2 aromatic carbocycles. The van der Waals surface area contributed by atoms with E-state index in [4.69, 9.17) is 4.42 Å². The zero-order valence-electron chi connectivity index (χ0n) is 15.5. The van der Waals surface area contributed by atoms with Gasteiger partial charge in [0.15, 0.2) is 0 Å². The number of hydrogen-bond donors (Lipinski definition) is 4. The van der Waals surface area contributed by atoms with Crippen LogP contribution in [0.2, 0.25) is 0 Å². The van der Waals surface area contributed by atoms with Gasteiger partial charge in [-0.25, -0.2) is 0 Å². The Bertz CT molecular complexity index is 946. The molecule has 0 saturated heterocycles. The lowest BCUT2D eigenvalue weighted by Crippen LogP contribution is -3.00. The molecule has 0 radical (unpaired) electrons. The Morgan fingerprint density at radius 1 is 0.621 bits per heavy atom. The minimum Gasteiger partial charge on any atom is -1.00 e. The second kappa shape index (κ2) is 9.07. The van der Waals surface area contributed by atoms with Crippen LogP contribution in [0.15, 0.2) is 52.9 Å². The van der Waals surface area contributed by atoms with E-state index in [0.29, 0.717) is 11.8 Å². The van der Waals surface area contributed by atoms with Gasteiger partial charge in [0.25, 0.3) is 11.7 Å². The summed E-state index contributed by atoms with van der Waals surface area (Å²) in [7, 11) is 0. The fraction of sp³-hybridized carbons (Fsp3) is 0.200. The Morgan fingerprint density at radius 2 is 1.00 bits per heavy atom. The van der Waals surface area contributed by atoms with Crippen LogP contribution in [0.25, 0.3) is 22.9 Å². The summed E-state index contributed by atoms with van der Waals surface area (Å²) in [5, 5.41) is 15.1. The van der Waals surface area contributed by atoms with Gasteiger partial charge in [-0.1, -0.05) is 0 Å². The summed E-state index contributed by atoms with van der Waals surface area (Å²) in [5.74, 6) is 3.17. The van der Waals surface area contributed by atoms with Crippen LogP contribution in [-0.2, 0) is 0 Å². The summed E-state index contributed by atoms with van der Waals surface area (Å²) in [6.07, 6.45) is 0. The first-order chi connectivity index (χ1) is 13.4. The molecule has 5 rings (SSSR count). The number of nitrogens with zero attached hydrogens (tertiary/aromatic N) is 2. The lowest BCUT2D eigenvalue weighted by atomic mass is 10.1. The van der Waals surface area contributed by atoms with Crippen molar-refractivity contribution in [2.75, 3.05) is 26.2 Å². The fourth-order valence-corrected chi connectivity index (χ4v) is 3.30. The maximum atomic E-state index is 5.89. The molecule has 3 heterocycles. The molecule has 0 saturated carbocycles. The van der Waals surface area contributed by atoms with E-state index >= 15 is 0 Å². The summed E-state index contributed by atoms with van der Waals surface area (Å²) in [5.41, 5.74) is 4.06. The molecule has 0 unspecified atom stereocenters. The molecule has 150 valence electrons. The van der Waals surface area contributed by atoms with Gasteiger partial charge in [-0.05, 0) is 48.5 Å². The van der Waals surface area contributed by atoms with E-state index in [1.165, 1.54) is 0 Å². The van der Waals surface area contributed by atoms with Gasteiger partial charge in [-0.3, -0.25) is 20.6 Å². The number of amidine groups is 2. The van der Waals surface area contributed by atoms with Gasteiger partial charge in [0, 0.05) is 11.1 Å². The van der Waals surface area contributed by atoms with E-state index in [1.54, 1.807) is 0 Å². The molecule has 0 amide bonds. The van der Waals surface area contributed by atoms with Crippen LogP contribution in [0.4, 0.5) is 0 Å². The zero-order valence-corrected chi connectivity index (χ0v) is 17.0. The summed E-state index contributed by atoms with van der Waals surface area (Å²) >= 11 is 0. The standard InChI is InChI=1S/C20H18N6O.2ClH/c1-5-15(6-2-13(1)17-21-9-10-22-17)19-25-26-20(27-19)16-7-3-14(4-8-16)18-23-11-12-24-18;;/h1-8H,9-12H2,(H,21,22)(H,23,24);2*1H. The van der Waals surface area contributed by atoms with Crippen molar-refractivity contribution in [2.24, 2.45) is 0 Å². The summed E-state index contributed by atoms with van der Waals surface area (Å²) in [4.78, 5) is 6.65. The molecule has 0 fully saturated rings. The first kappa shape index (κ1) is 20.8. The first-order valence-corrected chi connectivity index (χ1v) is 9.11. The number of hydrogen-bond acceptors (Lipinski definition) is 5. The smallest absolute Gasteiger partial charge is 0.275 e. The predicted molar refractivity (Wildman–Crippen MR) is 101 cm³/mol. The monoisotopic (exact) mass is 430 g/mol. The average molecular weight is 431 g/mol. The fourth-order valence-electron chi connectivity index (χ4n) is 3.30. The van der Waals surface area contributed by atoms with Crippen LogP contribution in [0.5, 0.6) is 0 Å². The second-order valence-corrected chi connectivity index (χ2v) is 6.52. The quantitative estimate of drug-likeness (QED) is 0.330. The molecule has 7 nitrogen and oxygen atoms in total. The minimum atomic E-state index is 0. The lowest BCUT2D eigenvalue weighted by molar-refractivity contribution is -0.444. The van der Waals surface area contributed by atoms with Crippen molar-refractivity contribution in [3.05, 3.63) is 59.7 Å². The number of rotatable bonds is 4. The Balaban J connectivity index is 0.00000120. The summed E-state index contributed by atoms with van der Waals surface area (Å²) in [6, 6.07) is 16.2. The third-order valence-corrected chi connectivity index (χ3v) is 4.72. The second-order valence-electron chi connectivity index (χ2n) is 6.52. The molecule has 0 bridgehead atoms. The Labute approximate surface area is 180 Å². The van der Waals surface area contributed by atoms with Gasteiger partial charge in [-0.2, -0.15) is 0 Å². The van der Waals surface area contributed by atoms with Crippen LogP contribution in [0.3, 0.4) is 0 Å². The largest absolute Gasteiger partial charge is 1.00 e. The van der Waals surface area contributed by atoms with Crippen molar-refractivity contribution >= 4 is 11.7 Å². The molecule has 3 aromatic rings. The molecule has 2 aliphatic rings. The molecule has 29 heavy (non-hydrogen) atoms. The highest BCUT2D eigenvalue weighted by atomic mass is 35.5. The molecule has 1 aromatic heterocycles. The maximum Gasteiger partial charge on any atom is 0.275 e. The molecular weight excluding hydrogens is 411 g/mol. The van der Waals surface area contributed by atoms with Crippen LogP contribution in [0, 0.1) is 0 Å². The van der Waals surface area contributed by atoms with E-state index in [2.05, 4.69) is 30.8 Å². The number of benzene rings is 2. The number of nitrogens with one attached hydrogen (secondary N) is 4. The third kappa shape index (κ3) is 4.26.